The van der Waals surface area contributed by atoms with Crippen molar-refractivity contribution in [3.05, 3.63) is 75.1 Å². The number of carbonyl (C=O) groups is 1. The fourth-order valence-electron chi connectivity index (χ4n) is 2.67. The third kappa shape index (κ3) is 4.69. The normalized spacial score (nSPS) is 10.6. The van der Waals surface area contributed by atoms with Crippen LogP contribution in [0.4, 0.5) is 5.69 Å². The number of amides is 1. The smallest absolute Gasteiger partial charge is 0.285 e. The zero-order chi connectivity index (χ0) is 21.0. The number of carbonyl (C=O) groups excluding carboxylic acids is 1. The van der Waals surface area contributed by atoms with E-state index in [2.05, 4.69) is 10.4 Å². The van der Waals surface area contributed by atoms with Gasteiger partial charge in [0, 0.05) is 23.3 Å². The Labute approximate surface area is 176 Å². The Hall–Kier alpha value is -3.04. The van der Waals surface area contributed by atoms with E-state index in [9.17, 15) is 14.9 Å². The number of nitro groups is 1. The van der Waals surface area contributed by atoms with Crippen molar-refractivity contribution in [3.63, 3.8) is 0 Å². The standard InChI is InChI=1S/C19H17ClN4O4S/c1-28-17-8-16(24(26)27)15(7-18(17)29-2)19(25)21-9-12-10-22-23(11-12)14-5-3-13(20)4-6-14/h3-8,10-11H,9H2,1-2H3,(H,21,25). The van der Waals surface area contributed by atoms with E-state index in [1.165, 1.54) is 31.0 Å². The predicted molar refractivity (Wildman–Crippen MR) is 111 cm³/mol. The molecule has 0 aliphatic rings. The lowest BCUT2D eigenvalue weighted by Crippen LogP contribution is -2.23. The van der Waals surface area contributed by atoms with Gasteiger partial charge in [-0.2, -0.15) is 5.10 Å². The predicted octanol–water partition coefficient (Wildman–Crippen LogP) is 4.09. The molecule has 29 heavy (non-hydrogen) atoms. The quantitative estimate of drug-likeness (QED) is 0.343. The van der Waals surface area contributed by atoms with Crippen molar-refractivity contribution in [3.8, 4) is 11.4 Å². The molecule has 0 fully saturated rings. The van der Waals surface area contributed by atoms with Gasteiger partial charge in [0.05, 0.1) is 34.9 Å². The molecule has 150 valence electrons. The fraction of sp³-hybridized carbons (Fsp3) is 0.158. The highest BCUT2D eigenvalue weighted by atomic mass is 35.5. The molecule has 0 spiro atoms. The fourth-order valence-corrected chi connectivity index (χ4v) is 3.37. The molecule has 10 heteroatoms. The van der Waals surface area contributed by atoms with Crippen LogP contribution >= 0.6 is 23.4 Å². The third-order valence-electron chi connectivity index (χ3n) is 4.12. The second kappa shape index (κ2) is 8.97. The summed E-state index contributed by atoms with van der Waals surface area (Å²) in [5, 5.41) is 19.0. The second-order valence-electron chi connectivity index (χ2n) is 5.93. The Bertz CT molecular complexity index is 1050. The highest BCUT2D eigenvalue weighted by molar-refractivity contribution is 7.98. The van der Waals surface area contributed by atoms with Crippen LogP contribution in [-0.4, -0.2) is 34.0 Å². The molecule has 0 saturated carbocycles. The second-order valence-corrected chi connectivity index (χ2v) is 7.22. The minimum atomic E-state index is -0.597. The summed E-state index contributed by atoms with van der Waals surface area (Å²) in [5.74, 6) is -0.195. The molecule has 0 unspecified atom stereocenters. The first-order valence-electron chi connectivity index (χ1n) is 8.41. The maximum Gasteiger partial charge on any atom is 0.285 e. The lowest BCUT2D eigenvalue weighted by molar-refractivity contribution is -0.385. The van der Waals surface area contributed by atoms with Gasteiger partial charge in [0.25, 0.3) is 11.6 Å². The summed E-state index contributed by atoms with van der Waals surface area (Å²) in [4.78, 5) is 24.1. The van der Waals surface area contributed by atoms with Gasteiger partial charge in [-0.25, -0.2) is 4.68 Å². The number of nitrogens with one attached hydrogen (secondary N) is 1. The molecule has 2 aromatic carbocycles. The van der Waals surface area contributed by atoms with Crippen molar-refractivity contribution in [2.24, 2.45) is 0 Å². The minimum Gasteiger partial charge on any atom is -0.495 e. The van der Waals surface area contributed by atoms with Crippen molar-refractivity contribution in [1.29, 1.82) is 0 Å². The highest BCUT2D eigenvalue weighted by Gasteiger charge is 2.23. The van der Waals surface area contributed by atoms with Gasteiger partial charge in [-0.05, 0) is 36.6 Å². The number of methoxy groups -OCH3 is 1. The summed E-state index contributed by atoms with van der Waals surface area (Å²) >= 11 is 7.23. The van der Waals surface area contributed by atoms with Crippen LogP contribution in [0.5, 0.6) is 5.75 Å². The van der Waals surface area contributed by atoms with Gasteiger partial charge >= 0.3 is 0 Å². The Balaban J connectivity index is 1.77. The van der Waals surface area contributed by atoms with Gasteiger partial charge in [-0.15, -0.1) is 11.8 Å². The Morgan fingerprint density at radius 2 is 2.07 bits per heavy atom. The Morgan fingerprint density at radius 1 is 1.34 bits per heavy atom. The first-order chi connectivity index (χ1) is 13.9. The summed E-state index contributed by atoms with van der Waals surface area (Å²) < 4.78 is 6.82. The first kappa shape index (κ1) is 20.7. The van der Waals surface area contributed by atoms with E-state index < -0.39 is 10.8 Å². The number of hydrogen-bond acceptors (Lipinski definition) is 6. The molecule has 3 rings (SSSR count). The van der Waals surface area contributed by atoms with Crippen LogP contribution in [0.25, 0.3) is 5.69 Å². The Morgan fingerprint density at radius 3 is 2.69 bits per heavy atom. The highest BCUT2D eigenvalue weighted by Crippen LogP contribution is 2.34. The summed E-state index contributed by atoms with van der Waals surface area (Å²) in [5.41, 5.74) is 1.23. The van der Waals surface area contributed by atoms with E-state index in [-0.39, 0.29) is 17.8 Å². The first-order valence-corrected chi connectivity index (χ1v) is 10.0. The van der Waals surface area contributed by atoms with E-state index in [0.29, 0.717) is 15.7 Å². The molecule has 1 heterocycles. The van der Waals surface area contributed by atoms with Crippen molar-refractivity contribution < 1.29 is 14.5 Å². The van der Waals surface area contributed by atoms with Crippen LogP contribution in [0.2, 0.25) is 5.02 Å². The average molecular weight is 433 g/mol. The number of ether oxygens (including phenoxy) is 1. The number of rotatable bonds is 7. The number of hydrogen-bond donors (Lipinski definition) is 1. The van der Waals surface area contributed by atoms with Crippen molar-refractivity contribution in [1.82, 2.24) is 15.1 Å². The van der Waals surface area contributed by atoms with Gasteiger partial charge in [-0.1, -0.05) is 11.6 Å². The monoisotopic (exact) mass is 432 g/mol. The van der Waals surface area contributed by atoms with Crippen molar-refractivity contribution in [2.45, 2.75) is 11.4 Å². The number of benzene rings is 2. The zero-order valence-electron chi connectivity index (χ0n) is 15.6. The van der Waals surface area contributed by atoms with Gasteiger partial charge in [-0.3, -0.25) is 14.9 Å². The average Bonchev–Trinajstić information content (AvgIpc) is 3.20. The molecule has 0 saturated heterocycles. The summed E-state index contributed by atoms with van der Waals surface area (Å²) in [6.45, 7) is 0.171. The maximum absolute atomic E-state index is 12.6. The van der Waals surface area contributed by atoms with Crippen molar-refractivity contribution >= 4 is 35.0 Å². The molecule has 1 amide bonds. The van der Waals surface area contributed by atoms with Gasteiger partial charge < -0.3 is 10.1 Å². The van der Waals surface area contributed by atoms with Crippen LogP contribution in [0.15, 0.2) is 53.7 Å². The molecule has 0 atom stereocenters. The van der Waals surface area contributed by atoms with Gasteiger partial charge in [0.15, 0.2) is 0 Å². The molecule has 1 N–H and O–H groups in total. The van der Waals surface area contributed by atoms with Crippen molar-refractivity contribution in [2.75, 3.05) is 13.4 Å². The van der Waals surface area contributed by atoms with E-state index in [1.54, 1.807) is 35.5 Å². The maximum atomic E-state index is 12.6. The van der Waals surface area contributed by atoms with Crippen LogP contribution in [0.3, 0.4) is 0 Å². The van der Waals surface area contributed by atoms with Crippen LogP contribution in [-0.2, 0) is 6.54 Å². The molecular weight excluding hydrogens is 416 g/mol. The lowest BCUT2D eigenvalue weighted by Gasteiger charge is -2.10. The number of aromatic nitrogens is 2. The lowest BCUT2D eigenvalue weighted by atomic mass is 10.1. The molecule has 1 aromatic heterocycles. The number of thioether (sulfide) groups is 1. The third-order valence-corrected chi connectivity index (χ3v) is 5.13. The molecule has 0 radical (unpaired) electrons. The number of nitrogens with zero attached hydrogens (tertiary/aromatic N) is 3. The van der Waals surface area contributed by atoms with Crippen LogP contribution in [0.1, 0.15) is 15.9 Å². The number of nitro benzene ring substituents is 1. The minimum absolute atomic E-state index is 0.0229. The summed E-state index contributed by atoms with van der Waals surface area (Å²) in [7, 11) is 1.43. The molecule has 3 aromatic rings. The SMILES string of the molecule is COc1cc([N+](=O)[O-])c(C(=O)NCc2cnn(-c3ccc(Cl)cc3)c2)cc1SC. The topological polar surface area (TPSA) is 99.3 Å². The van der Waals surface area contributed by atoms with E-state index in [0.717, 1.165) is 11.3 Å². The van der Waals surface area contributed by atoms with Crippen LogP contribution < -0.4 is 10.1 Å². The zero-order valence-corrected chi connectivity index (χ0v) is 17.2. The largest absolute Gasteiger partial charge is 0.495 e. The Kier molecular flexibility index (Phi) is 6.40. The number of halogens is 1. The van der Waals surface area contributed by atoms with Gasteiger partial charge in [0.2, 0.25) is 0 Å². The molecular formula is C19H17ClN4O4S. The molecule has 0 aliphatic carbocycles. The molecule has 0 bridgehead atoms. The van der Waals surface area contributed by atoms with E-state index in [4.69, 9.17) is 16.3 Å². The van der Waals surface area contributed by atoms with Gasteiger partial charge in [0.1, 0.15) is 11.3 Å². The summed E-state index contributed by atoms with van der Waals surface area (Å²) in [6, 6.07) is 9.89. The van der Waals surface area contributed by atoms with E-state index >= 15 is 0 Å². The van der Waals surface area contributed by atoms with Crippen LogP contribution in [0, 0.1) is 10.1 Å². The summed E-state index contributed by atoms with van der Waals surface area (Å²) in [6.07, 6.45) is 5.18. The molecule has 8 nitrogen and oxygen atoms in total. The van der Waals surface area contributed by atoms with E-state index in [1.807, 2.05) is 12.1 Å². The molecule has 0 aliphatic heterocycles.